The molecule has 1 amide bonds. The van der Waals surface area contributed by atoms with Crippen molar-refractivity contribution in [3.63, 3.8) is 0 Å². The Morgan fingerprint density at radius 1 is 1.29 bits per heavy atom. The number of halogens is 3. The molecule has 3 nitrogen and oxygen atoms in total. The topological polar surface area (TPSA) is 29.5 Å². The molecule has 21 heavy (non-hydrogen) atoms. The van der Waals surface area contributed by atoms with Crippen molar-refractivity contribution in [3.8, 4) is 0 Å². The molecule has 116 valence electrons. The summed E-state index contributed by atoms with van der Waals surface area (Å²) < 4.78 is 46.4. The van der Waals surface area contributed by atoms with Crippen molar-refractivity contribution in [1.82, 2.24) is 4.90 Å². The van der Waals surface area contributed by atoms with Gasteiger partial charge < -0.3 is 9.64 Å². The van der Waals surface area contributed by atoms with Crippen LogP contribution in [0.25, 0.3) is 0 Å². The van der Waals surface area contributed by atoms with Gasteiger partial charge in [-0.25, -0.2) is 18.0 Å². The van der Waals surface area contributed by atoms with Crippen molar-refractivity contribution in [2.24, 2.45) is 5.92 Å². The number of likely N-dealkylation sites (tertiary alicyclic amines) is 1. The number of ether oxygens (including phenoxy) is 1. The molecule has 1 unspecified atom stereocenters. The molecule has 1 heterocycles. The first-order valence-electron chi connectivity index (χ1n) is 6.75. The van der Waals surface area contributed by atoms with Crippen molar-refractivity contribution in [2.75, 3.05) is 13.1 Å². The fourth-order valence-electron chi connectivity index (χ4n) is 2.18. The molecule has 6 heteroatoms. The van der Waals surface area contributed by atoms with Crippen LogP contribution in [-0.4, -0.2) is 29.7 Å². The largest absolute Gasteiger partial charge is 0.444 e. The summed E-state index contributed by atoms with van der Waals surface area (Å²) in [6.45, 7) is 5.37. The van der Waals surface area contributed by atoms with Crippen LogP contribution in [-0.2, 0) is 4.74 Å². The maximum absolute atomic E-state index is 14.2. The van der Waals surface area contributed by atoms with Crippen molar-refractivity contribution in [2.45, 2.75) is 32.5 Å². The van der Waals surface area contributed by atoms with E-state index < -0.39 is 41.0 Å². The summed E-state index contributed by atoms with van der Waals surface area (Å²) in [5.74, 6) is -2.43. The van der Waals surface area contributed by atoms with Gasteiger partial charge in [-0.3, -0.25) is 0 Å². The molecular formula is C15H18F3NO2. The summed E-state index contributed by atoms with van der Waals surface area (Å²) in [5.41, 5.74) is -1.19. The second-order valence-electron chi connectivity index (χ2n) is 6.18. The van der Waals surface area contributed by atoms with Gasteiger partial charge in [0, 0.05) is 19.0 Å². The predicted octanol–water partition coefficient (Wildman–Crippen LogP) is 3.84. The first-order chi connectivity index (χ1) is 9.69. The molecule has 0 saturated carbocycles. The van der Waals surface area contributed by atoms with Gasteiger partial charge in [-0.1, -0.05) is 6.07 Å². The lowest BCUT2D eigenvalue weighted by Gasteiger charge is -2.41. The third kappa shape index (κ3) is 3.49. The predicted molar refractivity (Wildman–Crippen MR) is 71.5 cm³/mol. The number of benzene rings is 1. The number of nitrogens with zero attached hydrogens (tertiary/aromatic N) is 1. The summed E-state index contributed by atoms with van der Waals surface area (Å²) in [5, 5.41) is 0. The highest BCUT2D eigenvalue weighted by atomic mass is 19.2. The van der Waals surface area contributed by atoms with E-state index >= 15 is 0 Å². The zero-order valence-electron chi connectivity index (χ0n) is 12.2. The van der Waals surface area contributed by atoms with Crippen LogP contribution in [0.5, 0.6) is 0 Å². The van der Waals surface area contributed by atoms with Crippen LogP contribution in [0, 0.1) is 17.6 Å². The molecule has 1 aliphatic heterocycles. The summed E-state index contributed by atoms with van der Waals surface area (Å²) in [4.78, 5) is 13.0. The van der Waals surface area contributed by atoms with Crippen LogP contribution in [0.1, 0.15) is 32.5 Å². The zero-order chi connectivity index (χ0) is 15.8. The first kappa shape index (κ1) is 15.7. The van der Waals surface area contributed by atoms with E-state index in [4.69, 9.17) is 4.74 Å². The summed E-state index contributed by atoms with van der Waals surface area (Å²) in [7, 11) is 0. The maximum Gasteiger partial charge on any atom is 0.410 e. The Bertz CT molecular complexity index is 516. The molecule has 0 aliphatic carbocycles. The number of rotatable bonds is 2. The highest BCUT2D eigenvalue weighted by Crippen LogP contribution is 2.36. The van der Waals surface area contributed by atoms with E-state index in [1.807, 2.05) is 0 Å². The number of hydrogen-bond acceptors (Lipinski definition) is 2. The molecular weight excluding hydrogens is 283 g/mol. The lowest BCUT2D eigenvalue weighted by molar-refractivity contribution is -0.0162. The summed E-state index contributed by atoms with van der Waals surface area (Å²) in [6.07, 6.45) is -2.31. The smallest absolute Gasteiger partial charge is 0.410 e. The van der Waals surface area contributed by atoms with Gasteiger partial charge in [0.15, 0.2) is 0 Å². The van der Waals surface area contributed by atoms with Gasteiger partial charge in [0.25, 0.3) is 0 Å². The summed E-state index contributed by atoms with van der Waals surface area (Å²) in [6, 6.07) is 3.24. The molecule has 1 aromatic carbocycles. The highest BCUT2D eigenvalue weighted by Gasteiger charge is 2.40. The van der Waals surface area contributed by atoms with Crippen LogP contribution >= 0.6 is 0 Å². The Morgan fingerprint density at radius 3 is 2.29 bits per heavy atom. The van der Waals surface area contributed by atoms with Crippen LogP contribution in [0.2, 0.25) is 0 Å². The number of alkyl halides is 1. The van der Waals surface area contributed by atoms with Crippen LogP contribution in [0.15, 0.2) is 18.2 Å². The van der Waals surface area contributed by atoms with Gasteiger partial charge >= 0.3 is 6.09 Å². The fourth-order valence-corrected chi connectivity index (χ4v) is 2.18. The van der Waals surface area contributed by atoms with Crippen molar-refractivity contribution >= 4 is 6.09 Å². The molecule has 0 radical (unpaired) electrons. The van der Waals surface area contributed by atoms with E-state index in [0.29, 0.717) is 0 Å². The van der Waals surface area contributed by atoms with E-state index in [1.165, 1.54) is 11.0 Å². The van der Waals surface area contributed by atoms with Gasteiger partial charge in [0.2, 0.25) is 0 Å². The number of carbonyl (C=O) groups excluding carboxylic acids is 1. The molecule has 1 atom stereocenters. The SMILES string of the molecule is CC(C)(C)OC(=O)N1CC(C(F)c2c(F)cccc2F)C1. The van der Waals surface area contributed by atoms with Crippen LogP contribution in [0.3, 0.4) is 0 Å². The Labute approximate surface area is 121 Å². The standard InChI is InChI=1S/C15H18F3NO2/c1-15(2,3)21-14(20)19-7-9(8-19)13(18)12-10(16)5-4-6-11(12)17/h4-6,9,13H,7-8H2,1-3H3. The van der Waals surface area contributed by atoms with Gasteiger partial charge in [0.1, 0.15) is 23.4 Å². The zero-order valence-corrected chi connectivity index (χ0v) is 12.2. The molecule has 0 N–H and O–H groups in total. The van der Waals surface area contributed by atoms with Gasteiger partial charge in [-0.2, -0.15) is 0 Å². The molecule has 0 bridgehead atoms. The van der Waals surface area contributed by atoms with Crippen LogP contribution in [0.4, 0.5) is 18.0 Å². The number of carbonyl (C=O) groups is 1. The lowest BCUT2D eigenvalue weighted by atomic mass is 9.90. The Kier molecular flexibility index (Phi) is 4.16. The fraction of sp³-hybridized carbons (Fsp3) is 0.533. The van der Waals surface area contributed by atoms with Crippen molar-refractivity contribution < 1.29 is 22.7 Å². The number of amides is 1. The lowest BCUT2D eigenvalue weighted by Crippen LogP contribution is -2.53. The Balaban J connectivity index is 1.97. The van der Waals surface area contributed by atoms with Crippen molar-refractivity contribution in [1.29, 1.82) is 0 Å². The Morgan fingerprint density at radius 2 is 1.81 bits per heavy atom. The molecule has 1 aromatic rings. The average Bonchev–Trinajstić information content (AvgIpc) is 2.23. The average molecular weight is 301 g/mol. The Hall–Kier alpha value is -1.72. The van der Waals surface area contributed by atoms with E-state index in [1.54, 1.807) is 20.8 Å². The molecule has 1 fully saturated rings. The van der Waals surface area contributed by atoms with Crippen molar-refractivity contribution in [3.05, 3.63) is 35.4 Å². The molecule has 2 rings (SSSR count). The van der Waals surface area contributed by atoms with E-state index in [0.717, 1.165) is 12.1 Å². The second-order valence-corrected chi connectivity index (χ2v) is 6.18. The van der Waals surface area contributed by atoms with E-state index in [2.05, 4.69) is 0 Å². The minimum Gasteiger partial charge on any atom is -0.444 e. The third-order valence-electron chi connectivity index (χ3n) is 3.25. The minimum absolute atomic E-state index is 0.0872. The third-order valence-corrected chi connectivity index (χ3v) is 3.25. The number of hydrogen-bond donors (Lipinski definition) is 0. The molecule has 0 spiro atoms. The van der Waals surface area contributed by atoms with E-state index in [9.17, 15) is 18.0 Å². The molecule has 1 saturated heterocycles. The van der Waals surface area contributed by atoms with Gasteiger partial charge in [-0.15, -0.1) is 0 Å². The normalized spacial score (nSPS) is 17.3. The quantitative estimate of drug-likeness (QED) is 0.830. The van der Waals surface area contributed by atoms with Gasteiger partial charge in [0.05, 0.1) is 5.56 Å². The van der Waals surface area contributed by atoms with E-state index in [-0.39, 0.29) is 13.1 Å². The van der Waals surface area contributed by atoms with Crippen LogP contribution < -0.4 is 0 Å². The molecule has 1 aliphatic rings. The minimum atomic E-state index is -1.77. The maximum atomic E-state index is 14.2. The monoisotopic (exact) mass is 301 g/mol. The summed E-state index contributed by atoms with van der Waals surface area (Å²) >= 11 is 0. The molecule has 0 aromatic heterocycles. The highest BCUT2D eigenvalue weighted by molar-refractivity contribution is 5.69. The first-order valence-corrected chi connectivity index (χ1v) is 6.75. The second kappa shape index (κ2) is 5.58. The van der Waals surface area contributed by atoms with Gasteiger partial charge in [-0.05, 0) is 32.9 Å².